The Morgan fingerprint density at radius 1 is 1.44 bits per heavy atom. The van der Waals surface area contributed by atoms with Gasteiger partial charge in [-0.15, -0.1) is 0 Å². The van der Waals surface area contributed by atoms with Crippen LogP contribution in [0, 0.1) is 5.92 Å². The Bertz CT molecular complexity index is 174. The third-order valence-electron chi connectivity index (χ3n) is 2.60. The van der Waals surface area contributed by atoms with Crippen molar-refractivity contribution >= 4 is 5.91 Å². The normalized spacial score (nSPS) is 12.4. The van der Waals surface area contributed by atoms with Crippen LogP contribution in [0.2, 0.25) is 0 Å². The fraction of sp³-hybridized carbons (Fsp3) is 0.917. The monoisotopic (exact) mass is 230 g/mol. The summed E-state index contributed by atoms with van der Waals surface area (Å²) in [6, 6.07) is 0. The molecule has 3 N–H and O–H groups in total. The molecule has 0 rings (SSSR count). The molecule has 16 heavy (non-hydrogen) atoms. The Morgan fingerprint density at radius 2 is 2.19 bits per heavy atom. The van der Waals surface area contributed by atoms with Gasteiger partial charge >= 0.3 is 0 Å². The van der Waals surface area contributed by atoms with Crippen LogP contribution in [-0.4, -0.2) is 32.2 Å². The maximum Gasteiger partial charge on any atom is 0.246 e. The van der Waals surface area contributed by atoms with Gasteiger partial charge in [0, 0.05) is 13.1 Å². The highest BCUT2D eigenvalue weighted by atomic mass is 16.5. The topological polar surface area (TPSA) is 64.3 Å². The second-order valence-electron chi connectivity index (χ2n) is 4.07. The summed E-state index contributed by atoms with van der Waals surface area (Å²) in [5.74, 6) is 0.512. The summed E-state index contributed by atoms with van der Waals surface area (Å²) in [6.07, 6.45) is 4.76. The number of carbonyl (C=O) groups is 1. The second-order valence-corrected chi connectivity index (χ2v) is 4.07. The molecule has 0 aromatic carbocycles. The van der Waals surface area contributed by atoms with Crippen molar-refractivity contribution in [2.45, 2.75) is 39.5 Å². The van der Waals surface area contributed by atoms with Gasteiger partial charge in [0.2, 0.25) is 5.91 Å². The zero-order valence-electron chi connectivity index (χ0n) is 10.6. The molecule has 0 saturated heterocycles. The number of amides is 1. The van der Waals surface area contributed by atoms with Crippen LogP contribution in [0.3, 0.4) is 0 Å². The summed E-state index contributed by atoms with van der Waals surface area (Å²) < 4.78 is 5.39. The molecular weight excluding hydrogens is 204 g/mol. The standard InChI is InChI=1S/C12H26N2O2/c1-3-5-6-11(4-2)9-16-10-12(15)14-8-7-13/h11H,3-10,13H2,1-2H3,(H,14,15). The van der Waals surface area contributed by atoms with E-state index in [0.717, 1.165) is 6.42 Å². The van der Waals surface area contributed by atoms with Crippen LogP contribution in [0.25, 0.3) is 0 Å². The molecule has 4 nitrogen and oxygen atoms in total. The number of ether oxygens (including phenoxy) is 1. The minimum absolute atomic E-state index is 0.0733. The Morgan fingerprint density at radius 3 is 2.75 bits per heavy atom. The van der Waals surface area contributed by atoms with Gasteiger partial charge in [0.05, 0.1) is 6.61 Å². The number of carbonyl (C=O) groups excluding carboxylic acids is 1. The molecule has 0 aromatic heterocycles. The van der Waals surface area contributed by atoms with Crippen LogP contribution in [0.5, 0.6) is 0 Å². The van der Waals surface area contributed by atoms with Gasteiger partial charge in [0.1, 0.15) is 6.61 Å². The molecule has 4 heteroatoms. The Hall–Kier alpha value is -0.610. The van der Waals surface area contributed by atoms with Crippen molar-refractivity contribution in [3.05, 3.63) is 0 Å². The molecule has 96 valence electrons. The molecule has 0 fully saturated rings. The van der Waals surface area contributed by atoms with Crippen molar-refractivity contribution in [3.8, 4) is 0 Å². The Balaban J connectivity index is 3.49. The van der Waals surface area contributed by atoms with Crippen molar-refractivity contribution in [1.29, 1.82) is 0 Å². The molecule has 0 saturated carbocycles. The van der Waals surface area contributed by atoms with Gasteiger partial charge < -0.3 is 15.8 Å². The van der Waals surface area contributed by atoms with Crippen molar-refractivity contribution in [2.24, 2.45) is 11.7 Å². The van der Waals surface area contributed by atoms with Crippen LogP contribution in [0.1, 0.15) is 39.5 Å². The van der Waals surface area contributed by atoms with E-state index in [-0.39, 0.29) is 12.5 Å². The van der Waals surface area contributed by atoms with Crippen molar-refractivity contribution in [3.63, 3.8) is 0 Å². The average Bonchev–Trinajstić information content (AvgIpc) is 2.30. The van der Waals surface area contributed by atoms with Gasteiger partial charge in [0.15, 0.2) is 0 Å². The molecule has 0 aliphatic carbocycles. The van der Waals surface area contributed by atoms with E-state index in [1.54, 1.807) is 0 Å². The quantitative estimate of drug-likeness (QED) is 0.594. The number of nitrogens with one attached hydrogen (secondary N) is 1. The van der Waals surface area contributed by atoms with Crippen LogP contribution >= 0.6 is 0 Å². The van der Waals surface area contributed by atoms with E-state index >= 15 is 0 Å². The fourth-order valence-electron chi connectivity index (χ4n) is 1.48. The summed E-state index contributed by atoms with van der Waals surface area (Å²) in [5, 5.41) is 2.68. The molecule has 0 heterocycles. The third kappa shape index (κ3) is 8.68. The lowest BCUT2D eigenvalue weighted by atomic mass is 10.0. The summed E-state index contributed by atoms with van der Waals surface area (Å²) in [6.45, 7) is 6.19. The van der Waals surface area contributed by atoms with Gasteiger partial charge in [-0.25, -0.2) is 0 Å². The third-order valence-corrected chi connectivity index (χ3v) is 2.60. The lowest BCUT2D eigenvalue weighted by molar-refractivity contribution is -0.126. The van der Waals surface area contributed by atoms with Crippen LogP contribution in [0.4, 0.5) is 0 Å². The lowest BCUT2D eigenvalue weighted by Crippen LogP contribution is -2.32. The Labute approximate surface area is 98.9 Å². The summed E-state index contributed by atoms with van der Waals surface area (Å²) >= 11 is 0. The van der Waals surface area contributed by atoms with Crippen LogP contribution < -0.4 is 11.1 Å². The molecule has 0 aliphatic heterocycles. The number of hydrogen-bond donors (Lipinski definition) is 2. The first-order valence-corrected chi connectivity index (χ1v) is 6.29. The molecular formula is C12H26N2O2. The maximum atomic E-state index is 11.2. The smallest absolute Gasteiger partial charge is 0.246 e. The van der Waals surface area contributed by atoms with Gasteiger partial charge in [-0.2, -0.15) is 0 Å². The number of unbranched alkanes of at least 4 members (excludes halogenated alkanes) is 1. The predicted molar refractivity (Wildman–Crippen MR) is 66.2 cm³/mol. The highest BCUT2D eigenvalue weighted by Gasteiger charge is 2.07. The second kappa shape index (κ2) is 10.9. The predicted octanol–water partition coefficient (Wildman–Crippen LogP) is 1.29. The first kappa shape index (κ1) is 15.4. The van der Waals surface area contributed by atoms with E-state index in [1.165, 1.54) is 19.3 Å². The zero-order chi connectivity index (χ0) is 12.2. The molecule has 0 radical (unpaired) electrons. The first-order valence-electron chi connectivity index (χ1n) is 6.29. The van der Waals surface area contributed by atoms with Crippen LogP contribution in [0.15, 0.2) is 0 Å². The van der Waals surface area contributed by atoms with E-state index in [4.69, 9.17) is 10.5 Å². The largest absolute Gasteiger partial charge is 0.371 e. The van der Waals surface area contributed by atoms with Crippen LogP contribution in [-0.2, 0) is 9.53 Å². The lowest BCUT2D eigenvalue weighted by Gasteiger charge is -2.14. The summed E-state index contributed by atoms with van der Waals surface area (Å²) in [7, 11) is 0. The SMILES string of the molecule is CCCCC(CC)COCC(=O)NCCN. The van der Waals surface area contributed by atoms with Gasteiger partial charge in [-0.1, -0.05) is 33.1 Å². The molecule has 0 aliphatic rings. The minimum atomic E-state index is -0.0733. The summed E-state index contributed by atoms with van der Waals surface area (Å²) in [5.41, 5.74) is 5.27. The van der Waals surface area contributed by atoms with E-state index in [2.05, 4.69) is 19.2 Å². The molecule has 0 spiro atoms. The van der Waals surface area contributed by atoms with Gasteiger partial charge in [0.25, 0.3) is 0 Å². The number of nitrogens with two attached hydrogens (primary N) is 1. The minimum Gasteiger partial charge on any atom is -0.371 e. The zero-order valence-corrected chi connectivity index (χ0v) is 10.6. The number of hydrogen-bond acceptors (Lipinski definition) is 3. The van der Waals surface area contributed by atoms with Crippen molar-refractivity contribution in [2.75, 3.05) is 26.3 Å². The average molecular weight is 230 g/mol. The van der Waals surface area contributed by atoms with Gasteiger partial charge in [-0.05, 0) is 12.3 Å². The molecule has 1 amide bonds. The van der Waals surface area contributed by atoms with Crippen molar-refractivity contribution in [1.82, 2.24) is 5.32 Å². The van der Waals surface area contributed by atoms with E-state index in [0.29, 0.717) is 25.6 Å². The summed E-state index contributed by atoms with van der Waals surface area (Å²) in [4.78, 5) is 11.2. The Kier molecular flexibility index (Phi) is 10.5. The molecule has 1 unspecified atom stereocenters. The molecule has 1 atom stereocenters. The van der Waals surface area contributed by atoms with E-state index in [9.17, 15) is 4.79 Å². The van der Waals surface area contributed by atoms with Crippen molar-refractivity contribution < 1.29 is 9.53 Å². The molecule has 0 bridgehead atoms. The fourth-order valence-corrected chi connectivity index (χ4v) is 1.48. The first-order chi connectivity index (χ1) is 7.74. The number of rotatable bonds is 10. The highest BCUT2D eigenvalue weighted by molar-refractivity contribution is 5.77. The van der Waals surface area contributed by atoms with E-state index < -0.39 is 0 Å². The molecule has 0 aromatic rings. The van der Waals surface area contributed by atoms with E-state index in [1.807, 2.05) is 0 Å². The highest BCUT2D eigenvalue weighted by Crippen LogP contribution is 2.12. The maximum absolute atomic E-state index is 11.2. The van der Waals surface area contributed by atoms with Gasteiger partial charge in [-0.3, -0.25) is 4.79 Å².